The van der Waals surface area contributed by atoms with Gasteiger partial charge in [0.05, 0.1) is 5.39 Å². The minimum absolute atomic E-state index is 0.121. The van der Waals surface area contributed by atoms with E-state index in [2.05, 4.69) is 15.0 Å². The Hall–Kier alpha value is -1.95. The maximum atomic E-state index is 11.7. The van der Waals surface area contributed by atoms with Crippen LogP contribution in [-0.2, 0) is 7.05 Å². The zero-order valence-corrected chi connectivity index (χ0v) is 9.28. The van der Waals surface area contributed by atoms with Gasteiger partial charge in [0.2, 0.25) is 0 Å². The van der Waals surface area contributed by atoms with Gasteiger partial charge < -0.3 is 9.55 Å². The molecule has 80 valence electrons. The summed E-state index contributed by atoms with van der Waals surface area (Å²) >= 11 is 1.45. The highest BCUT2D eigenvalue weighted by molar-refractivity contribution is 7.16. The largest absolute Gasteiger partial charge is 0.331 e. The molecule has 0 bridgehead atoms. The molecular weight excluding hydrogens is 224 g/mol. The van der Waals surface area contributed by atoms with Gasteiger partial charge in [-0.3, -0.25) is 4.79 Å². The predicted octanol–water partition coefficient (Wildman–Crippen LogP) is 1.39. The Kier molecular flexibility index (Phi) is 1.90. The van der Waals surface area contributed by atoms with E-state index in [0.717, 1.165) is 4.83 Å². The first-order chi connectivity index (χ1) is 7.75. The van der Waals surface area contributed by atoms with E-state index in [9.17, 15) is 4.79 Å². The lowest BCUT2D eigenvalue weighted by atomic mass is 10.4. The number of hydrogen-bond acceptors (Lipinski definition) is 4. The fourth-order valence-electron chi connectivity index (χ4n) is 1.56. The molecule has 5 nitrogen and oxygen atoms in total. The summed E-state index contributed by atoms with van der Waals surface area (Å²) in [7, 11) is 1.86. The fraction of sp³-hybridized carbons (Fsp3) is 0.100. The fourth-order valence-corrected chi connectivity index (χ4v) is 2.33. The average molecular weight is 232 g/mol. The van der Waals surface area contributed by atoms with Gasteiger partial charge in [-0.15, -0.1) is 11.3 Å². The molecule has 0 aromatic carbocycles. The third-order valence-electron chi connectivity index (χ3n) is 2.37. The smallest absolute Gasteiger partial charge is 0.259 e. The average Bonchev–Trinajstić information content (AvgIpc) is 2.85. The number of H-pyrrole nitrogens is 1. The summed E-state index contributed by atoms with van der Waals surface area (Å²) < 4.78 is 1.82. The van der Waals surface area contributed by atoms with Crippen molar-refractivity contribution < 1.29 is 0 Å². The van der Waals surface area contributed by atoms with Gasteiger partial charge in [-0.25, -0.2) is 9.97 Å². The Morgan fingerprint density at radius 2 is 2.38 bits per heavy atom. The van der Waals surface area contributed by atoms with E-state index in [-0.39, 0.29) is 5.56 Å². The van der Waals surface area contributed by atoms with Crippen molar-refractivity contribution in [2.75, 3.05) is 0 Å². The minimum atomic E-state index is -0.121. The lowest BCUT2D eigenvalue weighted by Gasteiger charge is -2.00. The number of thiophene rings is 1. The SMILES string of the molecule is Cn1ccnc1-c1nc2sccc2c(=O)[nH]1. The van der Waals surface area contributed by atoms with Crippen molar-refractivity contribution in [3.63, 3.8) is 0 Å². The molecule has 0 amide bonds. The quantitative estimate of drug-likeness (QED) is 0.689. The van der Waals surface area contributed by atoms with Crippen LogP contribution in [0.25, 0.3) is 21.9 Å². The lowest BCUT2D eigenvalue weighted by molar-refractivity contribution is 0.907. The maximum absolute atomic E-state index is 11.7. The molecular formula is C10H8N4OS. The van der Waals surface area contributed by atoms with E-state index in [1.54, 1.807) is 12.3 Å². The summed E-state index contributed by atoms with van der Waals surface area (Å²) in [6.45, 7) is 0. The number of hydrogen-bond donors (Lipinski definition) is 1. The Labute approximate surface area is 94.4 Å². The summed E-state index contributed by atoms with van der Waals surface area (Å²) in [5.74, 6) is 1.17. The summed E-state index contributed by atoms with van der Waals surface area (Å²) in [6.07, 6.45) is 3.49. The van der Waals surface area contributed by atoms with Crippen molar-refractivity contribution >= 4 is 21.6 Å². The number of fused-ring (bicyclic) bond motifs is 1. The van der Waals surface area contributed by atoms with Gasteiger partial charge in [0.25, 0.3) is 5.56 Å². The second kappa shape index (κ2) is 3.28. The van der Waals surface area contributed by atoms with Crippen molar-refractivity contribution in [3.05, 3.63) is 34.2 Å². The molecule has 0 spiro atoms. The summed E-state index contributed by atoms with van der Waals surface area (Å²) in [5.41, 5.74) is -0.121. The van der Waals surface area contributed by atoms with Crippen molar-refractivity contribution in [1.29, 1.82) is 0 Å². The summed E-state index contributed by atoms with van der Waals surface area (Å²) in [6, 6.07) is 1.77. The second-order valence-corrected chi connectivity index (χ2v) is 4.31. The second-order valence-electron chi connectivity index (χ2n) is 3.42. The topological polar surface area (TPSA) is 63.6 Å². The molecule has 3 aromatic heterocycles. The van der Waals surface area contributed by atoms with Gasteiger partial charge >= 0.3 is 0 Å². The van der Waals surface area contributed by atoms with E-state index in [1.807, 2.05) is 23.2 Å². The number of rotatable bonds is 1. The molecule has 0 aliphatic rings. The monoisotopic (exact) mass is 232 g/mol. The zero-order chi connectivity index (χ0) is 11.1. The van der Waals surface area contributed by atoms with E-state index in [1.165, 1.54) is 11.3 Å². The highest BCUT2D eigenvalue weighted by Gasteiger charge is 2.09. The number of nitrogens with zero attached hydrogens (tertiary/aromatic N) is 3. The van der Waals surface area contributed by atoms with Crippen molar-refractivity contribution in [2.45, 2.75) is 0 Å². The first-order valence-electron chi connectivity index (χ1n) is 4.71. The molecule has 0 radical (unpaired) electrons. The Morgan fingerprint density at radius 3 is 3.12 bits per heavy atom. The number of nitrogens with one attached hydrogen (secondary N) is 1. The number of aromatic amines is 1. The van der Waals surface area contributed by atoms with Crippen molar-refractivity contribution in [1.82, 2.24) is 19.5 Å². The van der Waals surface area contributed by atoms with Gasteiger partial charge in [0, 0.05) is 19.4 Å². The van der Waals surface area contributed by atoms with Crippen LogP contribution in [0, 0.1) is 0 Å². The third kappa shape index (κ3) is 1.27. The van der Waals surface area contributed by atoms with E-state index < -0.39 is 0 Å². The number of aryl methyl sites for hydroxylation is 1. The molecule has 0 unspecified atom stereocenters. The predicted molar refractivity (Wildman–Crippen MR) is 62.4 cm³/mol. The van der Waals surface area contributed by atoms with Crippen LogP contribution in [0.2, 0.25) is 0 Å². The Bertz CT molecular complexity index is 709. The molecule has 16 heavy (non-hydrogen) atoms. The van der Waals surface area contributed by atoms with Crippen molar-refractivity contribution in [3.8, 4) is 11.6 Å². The van der Waals surface area contributed by atoms with E-state index in [4.69, 9.17) is 0 Å². The first kappa shape index (κ1) is 9.29. The summed E-state index contributed by atoms with van der Waals surface area (Å²) in [4.78, 5) is 23.7. The van der Waals surface area contributed by atoms with Crippen LogP contribution in [0.1, 0.15) is 0 Å². The van der Waals surface area contributed by atoms with Crippen LogP contribution < -0.4 is 5.56 Å². The van der Waals surface area contributed by atoms with Crippen LogP contribution in [0.4, 0.5) is 0 Å². The Balaban J connectivity index is 2.33. The van der Waals surface area contributed by atoms with E-state index in [0.29, 0.717) is 17.0 Å². The standard InChI is InChI=1S/C10H8N4OS/c1-14-4-3-11-8(14)7-12-9(15)6-2-5-16-10(6)13-7/h2-5H,1H3,(H,12,13,15). The molecule has 0 fully saturated rings. The summed E-state index contributed by atoms with van der Waals surface area (Å²) in [5, 5.41) is 2.48. The van der Waals surface area contributed by atoms with Gasteiger partial charge in [-0.05, 0) is 11.4 Å². The molecule has 0 aliphatic heterocycles. The van der Waals surface area contributed by atoms with Crippen LogP contribution in [0.5, 0.6) is 0 Å². The minimum Gasteiger partial charge on any atom is -0.331 e. The van der Waals surface area contributed by atoms with Crippen LogP contribution in [0.3, 0.4) is 0 Å². The molecule has 0 aliphatic carbocycles. The first-order valence-corrected chi connectivity index (χ1v) is 5.59. The molecule has 0 saturated carbocycles. The molecule has 1 N–H and O–H groups in total. The maximum Gasteiger partial charge on any atom is 0.259 e. The zero-order valence-electron chi connectivity index (χ0n) is 8.47. The normalized spacial score (nSPS) is 11.1. The van der Waals surface area contributed by atoms with Gasteiger partial charge in [0.1, 0.15) is 4.83 Å². The van der Waals surface area contributed by atoms with Gasteiger partial charge in [0.15, 0.2) is 11.6 Å². The Morgan fingerprint density at radius 1 is 1.50 bits per heavy atom. The molecule has 3 rings (SSSR count). The van der Waals surface area contributed by atoms with Gasteiger partial charge in [-0.2, -0.15) is 0 Å². The molecule has 0 saturated heterocycles. The van der Waals surface area contributed by atoms with Crippen LogP contribution >= 0.6 is 11.3 Å². The highest BCUT2D eigenvalue weighted by Crippen LogP contribution is 2.17. The van der Waals surface area contributed by atoms with Gasteiger partial charge in [-0.1, -0.05) is 0 Å². The highest BCUT2D eigenvalue weighted by atomic mass is 32.1. The van der Waals surface area contributed by atoms with Crippen LogP contribution in [0.15, 0.2) is 28.6 Å². The molecule has 3 heterocycles. The van der Waals surface area contributed by atoms with Crippen LogP contribution in [-0.4, -0.2) is 19.5 Å². The van der Waals surface area contributed by atoms with E-state index >= 15 is 0 Å². The number of imidazole rings is 1. The molecule has 0 atom stereocenters. The number of aromatic nitrogens is 4. The molecule has 3 aromatic rings. The lowest BCUT2D eigenvalue weighted by Crippen LogP contribution is -2.09. The molecule has 6 heteroatoms. The third-order valence-corrected chi connectivity index (χ3v) is 3.17. The van der Waals surface area contributed by atoms with Crippen molar-refractivity contribution in [2.24, 2.45) is 7.05 Å².